The molecule has 2 heterocycles. The van der Waals surface area contributed by atoms with Gasteiger partial charge in [-0.15, -0.1) is 0 Å². The van der Waals surface area contributed by atoms with Crippen LogP contribution in [0.2, 0.25) is 0 Å². The van der Waals surface area contributed by atoms with Crippen LogP contribution in [0, 0.1) is 5.82 Å². The normalized spacial score (nSPS) is 13.0. The van der Waals surface area contributed by atoms with Crippen LogP contribution in [0.15, 0.2) is 70.4 Å². The van der Waals surface area contributed by atoms with Crippen molar-refractivity contribution in [3.05, 3.63) is 78.1 Å². The molecule has 1 amide bonds. The number of nitrogens with zero attached hydrogens (tertiary/aromatic N) is 2. The fraction of sp³-hybridized carbons (Fsp3) is 0.174. The summed E-state index contributed by atoms with van der Waals surface area (Å²) >= 11 is 0. The summed E-state index contributed by atoms with van der Waals surface area (Å²) in [5.74, 6) is -2.44. The molecule has 0 radical (unpaired) electrons. The molecule has 188 valence electrons. The number of nitrogens with one attached hydrogen (secondary N) is 2. The number of halogens is 4. The van der Waals surface area contributed by atoms with E-state index in [1.165, 1.54) is 13.0 Å². The summed E-state index contributed by atoms with van der Waals surface area (Å²) in [4.78, 5) is 19.2. The maximum absolute atomic E-state index is 13.4. The van der Waals surface area contributed by atoms with Gasteiger partial charge in [0.05, 0.1) is 6.04 Å². The third-order valence-corrected chi connectivity index (χ3v) is 6.47. The second-order valence-electron chi connectivity index (χ2n) is 7.80. The van der Waals surface area contributed by atoms with E-state index in [-0.39, 0.29) is 17.5 Å². The standard InChI is InChI=1S/C23H18F4N4O4S/c1-13(31-36(33,34)20-9-16-8-18(24)5-6-19(16)35-20)21(32)28-10-14-3-2-4-15(7-14)17-11-29-22(30-12-17)23(25,26)27/h2-9,11-13,31H,10H2,1H3,(H,28,32)/t13-/m0/s1. The lowest BCUT2D eigenvalue weighted by molar-refractivity contribution is -0.145. The van der Waals surface area contributed by atoms with Gasteiger partial charge in [0.25, 0.3) is 10.0 Å². The monoisotopic (exact) mass is 522 g/mol. The number of fused-ring (bicyclic) bond motifs is 1. The molecule has 0 saturated carbocycles. The van der Waals surface area contributed by atoms with Crippen LogP contribution in [0.3, 0.4) is 0 Å². The Morgan fingerprint density at radius 3 is 2.47 bits per heavy atom. The third kappa shape index (κ3) is 5.69. The van der Waals surface area contributed by atoms with Gasteiger partial charge in [-0.3, -0.25) is 4.79 Å². The van der Waals surface area contributed by atoms with E-state index in [1.54, 1.807) is 24.3 Å². The van der Waals surface area contributed by atoms with E-state index in [0.29, 0.717) is 16.7 Å². The molecule has 0 aliphatic carbocycles. The van der Waals surface area contributed by atoms with Crippen LogP contribution in [0.5, 0.6) is 0 Å². The van der Waals surface area contributed by atoms with Gasteiger partial charge < -0.3 is 9.73 Å². The molecule has 36 heavy (non-hydrogen) atoms. The largest absolute Gasteiger partial charge is 0.451 e. The highest BCUT2D eigenvalue weighted by Gasteiger charge is 2.34. The molecule has 0 aliphatic heterocycles. The number of hydrogen-bond acceptors (Lipinski definition) is 6. The minimum atomic E-state index is -4.65. The van der Waals surface area contributed by atoms with Gasteiger partial charge in [-0.05, 0) is 42.3 Å². The smallest absolute Gasteiger partial charge is 0.443 e. The van der Waals surface area contributed by atoms with E-state index < -0.39 is 44.9 Å². The van der Waals surface area contributed by atoms with Crippen LogP contribution in [-0.4, -0.2) is 30.3 Å². The van der Waals surface area contributed by atoms with E-state index in [1.807, 2.05) is 0 Å². The quantitative estimate of drug-likeness (QED) is 0.354. The Kier molecular flexibility index (Phi) is 6.78. The summed E-state index contributed by atoms with van der Waals surface area (Å²) in [6.07, 6.45) is -2.54. The average molecular weight is 522 g/mol. The molecule has 2 N–H and O–H groups in total. The molecule has 0 spiro atoms. The SMILES string of the molecule is C[C@H](NS(=O)(=O)c1cc2cc(F)ccc2o1)C(=O)NCc1cccc(-c2cnc(C(F)(F)F)nc2)c1. The number of sulfonamides is 1. The van der Waals surface area contributed by atoms with Crippen molar-refractivity contribution >= 4 is 26.9 Å². The number of furan rings is 1. The molecule has 13 heteroatoms. The maximum atomic E-state index is 13.4. The van der Waals surface area contributed by atoms with Crippen molar-refractivity contribution in [3.63, 3.8) is 0 Å². The number of rotatable bonds is 7. The first-order valence-electron chi connectivity index (χ1n) is 10.4. The fourth-order valence-electron chi connectivity index (χ4n) is 3.29. The number of alkyl halides is 3. The predicted octanol–water partition coefficient (Wildman–Crippen LogP) is 4.03. The number of benzene rings is 2. The van der Waals surface area contributed by atoms with Crippen molar-refractivity contribution in [2.24, 2.45) is 0 Å². The molecule has 8 nitrogen and oxygen atoms in total. The molecule has 4 aromatic rings. The zero-order valence-electron chi connectivity index (χ0n) is 18.5. The molecule has 1 atom stereocenters. The zero-order valence-corrected chi connectivity index (χ0v) is 19.3. The average Bonchev–Trinajstić information content (AvgIpc) is 3.26. The highest BCUT2D eigenvalue weighted by Crippen LogP contribution is 2.27. The van der Waals surface area contributed by atoms with Crippen LogP contribution < -0.4 is 10.0 Å². The van der Waals surface area contributed by atoms with Gasteiger partial charge in [0.15, 0.2) is 0 Å². The van der Waals surface area contributed by atoms with Crippen LogP contribution in [0.4, 0.5) is 17.6 Å². The Morgan fingerprint density at radius 2 is 1.78 bits per heavy atom. The highest BCUT2D eigenvalue weighted by atomic mass is 32.2. The summed E-state index contributed by atoms with van der Waals surface area (Å²) in [6.45, 7) is 1.36. The minimum absolute atomic E-state index is 0.0180. The van der Waals surface area contributed by atoms with E-state index >= 15 is 0 Å². The molecule has 2 aromatic heterocycles. The van der Waals surface area contributed by atoms with Crippen molar-refractivity contribution in [1.82, 2.24) is 20.0 Å². The van der Waals surface area contributed by atoms with Crippen molar-refractivity contribution in [2.45, 2.75) is 30.8 Å². The molecule has 0 aliphatic rings. The lowest BCUT2D eigenvalue weighted by atomic mass is 10.1. The lowest BCUT2D eigenvalue weighted by Crippen LogP contribution is -2.44. The third-order valence-electron chi connectivity index (χ3n) is 5.08. The summed E-state index contributed by atoms with van der Waals surface area (Å²) in [6, 6.07) is 10.1. The fourth-order valence-corrected chi connectivity index (χ4v) is 4.46. The van der Waals surface area contributed by atoms with Gasteiger partial charge in [-0.25, -0.2) is 22.8 Å². The van der Waals surface area contributed by atoms with Gasteiger partial charge in [0.1, 0.15) is 11.4 Å². The van der Waals surface area contributed by atoms with Gasteiger partial charge in [0.2, 0.25) is 16.8 Å². The van der Waals surface area contributed by atoms with Gasteiger partial charge >= 0.3 is 6.18 Å². The Bertz CT molecular complexity index is 1520. The summed E-state index contributed by atoms with van der Waals surface area (Å²) < 4.78 is 84.0. The van der Waals surface area contributed by atoms with Crippen molar-refractivity contribution < 1.29 is 35.2 Å². The molecule has 0 saturated heterocycles. The molecule has 0 fully saturated rings. The Balaban J connectivity index is 1.39. The van der Waals surface area contributed by atoms with Gasteiger partial charge in [-0.1, -0.05) is 18.2 Å². The van der Waals surface area contributed by atoms with Gasteiger partial charge in [0, 0.05) is 36.0 Å². The number of hydrogen-bond donors (Lipinski definition) is 2. The zero-order chi connectivity index (χ0) is 26.1. The summed E-state index contributed by atoms with van der Waals surface area (Å²) in [7, 11) is -4.21. The Hall–Kier alpha value is -3.84. The van der Waals surface area contributed by atoms with Crippen LogP contribution in [-0.2, 0) is 27.5 Å². The number of amides is 1. The first-order chi connectivity index (χ1) is 16.9. The van der Waals surface area contributed by atoms with Crippen LogP contribution in [0.25, 0.3) is 22.1 Å². The Labute approximate surface area is 202 Å². The number of aromatic nitrogens is 2. The van der Waals surface area contributed by atoms with E-state index in [9.17, 15) is 30.8 Å². The minimum Gasteiger partial charge on any atom is -0.443 e. The first-order valence-corrected chi connectivity index (χ1v) is 11.9. The summed E-state index contributed by atoms with van der Waals surface area (Å²) in [5.41, 5.74) is 1.66. The molecule has 2 aromatic carbocycles. The predicted molar refractivity (Wildman–Crippen MR) is 120 cm³/mol. The van der Waals surface area contributed by atoms with Crippen molar-refractivity contribution in [1.29, 1.82) is 0 Å². The Morgan fingerprint density at radius 1 is 1.06 bits per heavy atom. The molecule has 4 rings (SSSR count). The second-order valence-corrected chi connectivity index (χ2v) is 9.45. The highest BCUT2D eigenvalue weighted by molar-refractivity contribution is 7.89. The number of carbonyl (C=O) groups is 1. The molecular weight excluding hydrogens is 504 g/mol. The number of carbonyl (C=O) groups excluding carboxylic acids is 1. The summed E-state index contributed by atoms with van der Waals surface area (Å²) in [5, 5.41) is 2.38. The van der Waals surface area contributed by atoms with Crippen molar-refractivity contribution in [2.75, 3.05) is 0 Å². The second kappa shape index (κ2) is 9.66. The van der Waals surface area contributed by atoms with Crippen LogP contribution >= 0.6 is 0 Å². The molecule has 0 unspecified atom stereocenters. The van der Waals surface area contributed by atoms with E-state index in [2.05, 4.69) is 20.0 Å². The van der Waals surface area contributed by atoms with Gasteiger partial charge in [-0.2, -0.15) is 17.9 Å². The maximum Gasteiger partial charge on any atom is 0.451 e. The molecule has 0 bridgehead atoms. The van der Waals surface area contributed by atoms with Crippen LogP contribution in [0.1, 0.15) is 18.3 Å². The first kappa shape index (κ1) is 25.3. The van der Waals surface area contributed by atoms with E-state index in [0.717, 1.165) is 30.6 Å². The van der Waals surface area contributed by atoms with Crippen molar-refractivity contribution in [3.8, 4) is 11.1 Å². The molecular formula is C23H18F4N4O4S. The van der Waals surface area contributed by atoms with E-state index in [4.69, 9.17) is 4.42 Å². The topological polar surface area (TPSA) is 114 Å². The lowest BCUT2D eigenvalue weighted by Gasteiger charge is -2.14.